The number of alkyl halides is 3. The minimum atomic E-state index is -4.52. The topological polar surface area (TPSA) is 122 Å². The number of hydrogen-bond donors (Lipinski definition) is 3. The summed E-state index contributed by atoms with van der Waals surface area (Å²) in [6.45, 7) is 4.33. The first kappa shape index (κ1) is 23.0. The van der Waals surface area contributed by atoms with E-state index in [1.165, 1.54) is 6.07 Å². The summed E-state index contributed by atoms with van der Waals surface area (Å²) in [6.07, 6.45) is -2.39. The fourth-order valence-corrected chi connectivity index (χ4v) is 6.31. The minimum absolute atomic E-state index is 0.0196. The standard InChI is InChI=1S/C24H26F3N7O2/c1-12(14-3-15(24(25,26)27)5-16(28)4-14)29-19-17-6-33(20(36)23-8-22(9-23,10-23)11-35)7-18(17)34-13(2)31-32-21(34)30-19/h3-5,12,35H,6-11,28H2,1-2H3,(H,29,30,32)/t12-,22?,23?/m1/s1. The fourth-order valence-electron chi connectivity index (χ4n) is 6.31. The van der Waals surface area contributed by atoms with Crippen molar-refractivity contribution in [3.63, 3.8) is 0 Å². The van der Waals surface area contributed by atoms with Gasteiger partial charge in [-0.15, -0.1) is 10.2 Å². The maximum Gasteiger partial charge on any atom is 0.416 e. The van der Waals surface area contributed by atoms with E-state index in [4.69, 9.17) is 5.73 Å². The van der Waals surface area contributed by atoms with Crippen molar-refractivity contribution >= 4 is 23.2 Å². The molecule has 4 N–H and O–H groups in total. The molecule has 3 aliphatic carbocycles. The number of aliphatic hydroxyl groups is 1. The van der Waals surface area contributed by atoms with Gasteiger partial charge in [-0.2, -0.15) is 18.2 Å². The Balaban J connectivity index is 1.32. The van der Waals surface area contributed by atoms with Crippen molar-refractivity contribution in [2.24, 2.45) is 10.8 Å². The van der Waals surface area contributed by atoms with Crippen LogP contribution in [0.1, 0.15) is 60.4 Å². The van der Waals surface area contributed by atoms with Crippen molar-refractivity contribution < 1.29 is 23.1 Å². The number of nitrogens with zero attached hydrogens (tertiary/aromatic N) is 5. The van der Waals surface area contributed by atoms with Gasteiger partial charge in [-0.1, -0.05) is 0 Å². The molecule has 9 nitrogen and oxygen atoms in total. The van der Waals surface area contributed by atoms with E-state index in [0.717, 1.165) is 23.4 Å². The van der Waals surface area contributed by atoms with Crippen LogP contribution in [0.3, 0.4) is 0 Å². The SMILES string of the molecule is Cc1nnc2nc(N[C@H](C)c3cc(N)cc(C(F)(F)F)c3)c3c(n12)CN(C(=O)C12CC(CO)(C1)C2)C3. The molecule has 0 radical (unpaired) electrons. The molecule has 1 amide bonds. The van der Waals surface area contributed by atoms with Gasteiger partial charge in [-0.3, -0.25) is 9.20 Å². The van der Waals surface area contributed by atoms with Gasteiger partial charge >= 0.3 is 6.18 Å². The van der Waals surface area contributed by atoms with Gasteiger partial charge in [-0.05, 0) is 62.3 Å². The van der Waals surface area contributed by atoms with E-state index in [9.17, 15) is 23.1 Å². The highest BCUT2D eigenvalue weighted by molar-refractivity contribution is 5.87. The van der Waals surface area contributed by atoms with E-state index in [1.807, 2.05) is 4.40 Å². The summed E-state index contributed by atoms with van der Waals surface area (Å²) in [5, 5.41) is 21.1. The summed E-state index contributed by atoms with van der Waals surface area (Å²) in [4.78, 5) is 19.8. The van der Waals surface area contributed by atoms with Crippen LogP contribution >= 0.6 is 0 Å². The molecule has 36 heavy (non-hydrogen) atoms. The summed E-state index contributed by atoms with van der Waals surface area (Å²) >= 11 is 0. The number of aromatic nitrogens is 4. The zero-order valence-corrected chi connectivity index (χ0v) is 19.9. The van der Waals surface area contributed by atoms with Crippen LogP contribution in [0.15, 0.2) is 18.2 Å². The Kier molecular flexibility index (Phi) is 4.67. The molecular formula is C24H26F3N7O2. The number of carbonyl (C=O) groups is 1. The third-order valence-electron chi connectivity index (χ3n) is 7.99. The van der Waals surface area contributed by atoms with E-state index in [2.05, 4.69) is 20.5 Å². The van der Waals surface area contributed by atoms with Crippen molar-refractivity contribution in [1.82, 2.24) is 24.5 Å². The summed E-state index contributed by atoms with van der Waals surface area (Å²) in [7, 11) is 0. The van der Waals surface area contributed by atoms with Gasteiger partial charge in [0.15, 0.2) is 0 Å². The Morgan fingerprint density at radius 2 is 1.94 bits per heavy atom. The minimum Gasteiger partial charge on any atom is -0.399 e. The lowest BCUT2D eigenvalue weighted by Crippen LogP contribution is -2.69. The van der Waals surface area contributed by atoms with Crippen molar-refractivity contribution in [3.8, 4) is 0 Å². The number of fused-ring (bicyclic) bond motifs is 3. The Morgan fingerprint density at radius 1 is 1.22 bits per heavy atom. The highest BCUT2D eigenvalue weighted by Crippen LogP contribution is 2.73. The number of nitrogen functional groups attached to an aromatic ring is 1. The van der Waals surface area contributed by atoms with Gasteiger partial charge < -0.3 is 21.1 Å². The lowest BCUT2D eigenvalue weighted by atomic mass is 9.35. The van der Waals surface area contributed by atoms with Crippen LogP contribution in [0.25, 0.3) is 5.78 Å². The smallest absolute Gasteiger partial charge is 0.399 e. The summed E-state index contributed by atoms with van der Waals surface area (Å²) in [6, 6.07) is 2.93. The highest BCUT2D eigenvalue weighted by atomic mass is 19.4. The second-order valence-electron chi connectivity index (χ2n) is 10.7. The molecule has 4 aliphatic rings. The Hall–Kier alpha value is -3.41. The molecule has 190 valence electrons. The molecule has 12 heteroatoms. The van der Waals surface area contributed by atoms with Crippen molar-refractivity contribution in [1.29, 1.82) is 0 Å². The van der Waals surface area contributed by atoms with Crippen LogP contribution in [0.4, 0.5) is 24.7 Å². The van der Waals surface area contributed by atoms with E-state index < -0.39 is 23.2 Å². The lowest BCUT2D eigenvalue weighted by molar-refractivity contribution is -0.228. The van der Waals surface area contributed by atoms with Gasteiger partial charge in [0.2, 0.25) is 5.91 Å². The third kappa shape index (κ3) is 3.26. The molecule has 1 atom stereocenters. The van der Waals surface area contributed by atoms with Crippen LogP contribution in [-0.4, -0.2) is 42.1 Å². The second-order valence-corrected chi connectivity index (χ2v) is 10.7. The predicted octanol–water partition coefficient (Wildman–Crippen LogP) is 3.21. The number of aliphatic hydroxyl groups excluding tert-OH is 1. The largest absolute Gasteiger partial charge is 0.416 e. The van der Waals surface area contributed by atoms with Gasteiger partial charge in [0, 0.05) is 17.9 Å². The summed E-state index contributed by atoms with van der Waals surface area (Å²) < 4.78 is 41.8. The number of carbonyl (C=O) groups excluding carboxylic acids is 1. The molecule has 0 spiro atoms. The van der Waals surface area contributed by atoms with Gasteiger partial charge in [0.05, 0.1) is 35.8 Å². The Bertz CT molecular complexity index is 1400. The maximum atomic E-state index is 13.4. The van der Waals surface area contributed by atoms with Crippen LogP contribution in [0.2, 0.25) is 0 Å². The van der Waals surface area contributed by atoms with Crippen molar-refractivity contribution in [2.45, 2.75) is 58.4 Å². The van der Waals surface area contributed by atoms with E-state index in [-0.39, 0.29) is 23.6 Å². The zero-order valence-electron chi connectivity index (χ0n) is 19.9. The van der Waals surface area contributed by atoms with Gasteiger partial charge in [0.25, 0.3) is 5.78 Å². The monoisotopic (exact) mass is 501 g/mol. The summed E-state index contributed by atoms with van der Waals surface area (Å²) in [5.74, 6) is 1.51. The number of amides is 1. The molecule has 2 bridgehead atoms. The van der Waals surface area contributed by atoms with E-state index >= 15 is 0 Å². The first-order chi connectivity index (χ1) is 16.9. The third-order valence-corrected chi connectivity index (χ3v) is 7.99. The number of benzene rings is 1. The second kappa shape index (κ2) is 7.31. The van der Waals surface area contributed by atoms with Crippen LogP contribution in [0.5, 0.6) is 0 Å². The number of anilines is 2. The van der Waals surface area contributed by atoms with Crippen LogP contribution in [-0.2, 0) is 24.1 Å². The summed E-state index contributed by atoms with van der Waals surface area (Å²) in [5.41, 5.74) is 6.47. The first-order valence-corrected chi connectivity index (χ1v) is 11.8. The average Bonchev–Trinajstić information content (AvgIpc) is 3.35. The highest BCUT2D eigenvalue weighted by Gasteiger charge is 2.71. The quantitative estimate of drug-likeness (QED) is 0.459. The molecule has 0 saturated heterocycles. The number of nitrogens with one attached hydrogen (secondary N) is 1. The number of hydrogen-bond acceptors (Lipinski definition) is 7. The molecule has 3 aromatic rings. The number of nitrogens with two attached hydrogens (primary N) is 1. The molecule has 3 fully saturated rings. The van der Waals surface area contributed by atoms with Crippen molar-refractivity contribution in [2.75, 3.05) is 17.7 Å². The number of halogens is 3. The zero-order chi connectivity index (χ0) is 25.6. The molecular weight excluding hydrogens is 475 g/mol. The first-order valence-electron chi connectivity index (χ1n) is 11.8. The van der Waals surface area contributed by atoms with Crippen LogP contribution < -0.4 is 11.1 Å². The van der Waals surface area contributed by atoms with E-state index in [0.29, 0.717) is 55.3 Å². The average molecular weight is 502 g/mol. The van der Waals surface area contributed by atoms with Crippen molar-refractivity contribution in [3.05, 3.63) is 46.4 Å². The number of aryl methyl sites for hydroxylation is 1. The van der Waals surface area contributed by atoms with E-state index in [1.54, 1.807) is 18.7 Å². The number of rotatable bonds is 5. The predicted molar refractivity (Wildman–Crippen MR) is 123 cm³/mol. The fraction of sp³-hybridized carbons (Fsp3) is 0.500. The lowest BCUT2D eigenvalue weighted by Gasteiger charge is -2.69. The molecule has 2 aromatic heterocycles. The Morgan fingerprint density at radius 3 is 2.61 bits per heavy atom. The molecule has 1 aromatic carbocycles. The normalized spacial score (nSPS) is 25.3. The molecule has 3 saturated carbocycles. The van der Waals surface area contributed by atoms with Gasteiger partial charge in [-0.25, -0.2) is 0 Å². The maximum absolute atomic E-state index is 13.4. The van der Waals surface area contributed by atoms with Gasteiger partial charge in [0.1, 0.15) is 11.6 Å². The molecule has 0 unspecified atom stereocenters. The Labute approximate surface area is 204 Å². The molecule has 7 rings (SSSR count). The molecule has 1 aliphatic heterocycles. The van der Waals surface area contributed by atoms with Crippen LogP contribution in [0, 0.1) is 17.8 Å². The molecule has 3 heterocycles.